The van der Waals surface area contributed by atoms with Gasteiger partial charge in [0.05, 0.1) is 24.9 Å². The highest BCUT2D eigenvalue weighted by Gasteiger charge is 2.38. The van der Waals surface area contributed by atoms with Crippen molar-refractivity contribution in [2.45, 2.75) is 12.5 Å². The predicted molar refractivity (Wildman–Crippen MR) is 73.8 cm³/mol. The number of aromatic nitrogens is 2. The van der Waals surface area contributed by atoms with Gasteiger partial charge in [0.25, 0.3) is 0 Å². The number of aliphatic carboxylic acids is 1. The quantitative estimate of drug-likeness (QED) is 0.778. The topological polar surface area (TPSA) is 96.7 Å². The number of nitrogens with zero attached hydrogens (tertiary/aromatic N) is 3. The Kier molecular flexibility index (Phi) is 4.79. The second-order valence-corrected chi connectivity index (χ2v) is 5.12. The average Bonchev–Trinajstić information content (AvgIpc) is 3.06. The van der Waals surface area contributed by atoms with E-state index in [1.807, 2.05) is 19.3 Å². The molecule has 2 unspecified atom stereocenters. The van der Waals surface area contributed by atoms with E-state index < -0.39 is 17.9 Å². The third-order valence-corrected chi connectivity index (χ3v) is 3.61. The highest BCUT2D eigenvalue weighted by Crippen LogP contribution is 2.18. The molecule has 0 bridgehead atoms. The second kappa shape index (κ2) is 6.57. The summed E-state index contributed by atoms with van der Waals surface area (Å²) in [6.07, 6.45) is 2.47. The molecular weight excluding hydrogens is 276 g/mol. The van der Waals surface area contributed by atoms with Crippen molar-refractivity contribution >= 4 is 12.0 Å². The van der Waals surface area contributed by atoms with Crippen molar-refractivity contribution < 1.29 is 19.4 Å². The number of carboxylic acid groups (broad SMARTS) is 1. The van der Waals surface area contributed by atoms with Gasteiger partial charge in [-0.1, -0.05) is 0 Å². The van der Waals surface area contributed by atoms with Crippen molar-refractivity contribution in [2.24, 2.45) is 13.0 Å². The summed E-state index contributed by atoms with van der Waals surface area (Å²) in [4.78, 5) is 24.5. The number of urea groups is 1. The fourth-order valence-corrected chi connectivity index (χ4v) is 2.33. The number of carbonyl (C=O) groups excluding carboxylic acids is 1. The molecule has 116 valence electrons. The molecule has 2 rings (SSSR count). The summed E-state index contributed by atoms with van der Waals surface area (Å²) in [6, 6.07) is 1.16. The largest absolute Gasteiger partial charge is 0.481 e. The first-order valence-corrected chi connectivity index (χ1v) is 6.78. The van der Waals surface area contributed by atoms with Gasteiger partial charge in [-0.25, -0.2) is 4.79 Å². The molecule has 2 atom stereocenters. The molecule has 2 N–H and O–H groups in total. The van der Waals surface area contributed by atoms with E-state index in [4.69, 9.17) is 9.84 Å². The maximum absolute atomic E-state index is 12.0. The number of ether oxygens (including phenoxy) is 1. The van der Waals surface area contributed by atoms with Gasteiger partial charge in [0.15, 0.2) is 0 Å². The van der Waals surface area contributed by atoms with E-state index in [1.54, 1.807) is 11.7 Å². The van der Waals surface area contributed by atoms with Gasteiger partial charge in [0, 0.05) is 33.3 Å². The third kappa shape index (κ3) is 3.72. The molecule has 1 aromatic rings. The van der Waals surface area contributed by atoms with Gasteiger partial charge in [0.1, 0.15) is 5.92 Å². The zero-order valence-electron chi connectivity index (χ0n) is 12.2. The average molecular weight is 296 g/mol. The minimum atomic E-state index is -0.939. The lowest BCUT2D eigenvalue weighted by atomic mass is 10.0. The zero-order chi connectivity index (χ0) is 15.4. The van der Waals surface area contributed by atoms with Crippen molar-refractivity contribution in [3.05, 3.63) is 18.0 Å². The molecule has 0 aromatic carbocycles. The van der Waals surface area contributed by atoms with Crippen molar-refractivity contribution in [3.8, 4) is 0 Å². The molecular formula is C13H20N4O4. The number of carboxylic acids is 1. The summed E-state index contributed by atoms with van der Waals surface area (Å²) < 4.78 is 6.87. The molecule has 1 aromatic heterocycles. The summed E-state index contributed by atoms with van der Waals surface area (Å²) in [6.45, 7) is 0.845. The maximum Gasteiger partial charge on any atom is 0.317 e. The number of rotatable bonds is 5. The maximum atomic E-state index is 12.0. The molecule has 0 radical (unpaired) electrons. The number of aryl methyl sites for hydroxylation is 1. The van der Waals surface area contributed by atoms with Gasteiger partial charge >= 0.3 is 12.0 Å². The summed E-state index contributed by atoms with van der Waals surface area (Å²) in [5.74, 6) is -1.61. The summed E-state index contributed by atoms with van der Waals surface area (Å²) in [7, 11) is 3.42. The van der Waals surface area contributed by atoms with E-state index in [0.29, 0.717) is 13.0 Å². The number of amides is 2. The minimum Gasteiger partial charge on any atom is -0.481 e. The van der Waals surface area contributed by atoms with E-state index >= 15 is 0 Å². The fourth-order valence-electron chi connectivity index (χ4n) is 2.33. The highest BCUT2D eigenvalue weighted by atomic mass is 16.5. The lowest BCUT2D eigenvalue weighted by Gasteiger charge is -2.26. The first-order valence-electron chi connectivity index (χ1n) is 6.78. The predicted octanol–water partition coefficient (Wildman–Crippen LogP) is -0.296. The van der Waals surface area contributed by atoms with Crippen LogP contribution in [0, 0.1) is 5.92 Å². The Labute approximate surface area is 122 Å². The Hall–Kier alpha value is -2.09. The molecule has 2 heterocycles. The van der Waals surface area contributed by atoms with E-state index in [1.165, 1.54) is 4.90 Å². The molecule has 8 nitrogen and oxygen atoms in total. The molecule has 2 amide bonds. The van der Waals surface area contributed by atoms with Crippen LogP contribution >= 0.6 is 0 Å². The Balaban J connectivity index is 1.81. The van der Waals surface area contributed by atoms with Gasteiger partial charge in [-0.05, 0) is 6.07 Å². The Bertz CT molecular complexity index is 516. The second-order valence-electron chi connectivity index (χ2n) is 5.12. The van der Waals surface area contributed by atoms with Crippen LogP contribution in [0.25, 0.3) is 0 Å². The van der Waals surface area contributed by atoms with E-state index in [2.05, 4.69) is 10.4 Å². The molecule has 0 spiro atoms. The molecule has 21 heavy (non-hydrogen) atoms. The number of likely N-dealkylation sites (N-methyl/N-ethyl adjacent to an activating group) is 1. The molecule has 8 heteroatoms. The van der Waals surface area contributed by atoms with Gasteiger partial charge in [0.2, 0.25) is 0 Å². The number of hydrogen-bond donors (Lipinski definition) is 2. The van der Waals surface area contributed by atoms with Crippen LogP contribution in [0.3, 0.4) is 0 Å². The van der Waals surface area contributed by atoms with Crippen LogP contribution < -0.4 is 5.32 Å². The molecule has 0 saturated carbocycles. The summed E-state index contributed by atoms with van der Waals surface area (Å²) in [5.41, 5.74) is 0.896. The number of hydrogen-bond acceptors (Lipinski definition) is 4. The van der Waals surface area contributed by atoms with Crippen molar-refractivity contribution in [3.63, 3.8) is 0 Å². The van der Waals surface area contributed by atoms with Crippen molar-refractivity contribution in [2.75, 3.05) is 26.8 Å². The molecule has 1 aliphatic rings. The highest BCUT2D eigenvalue weighted by molar-refractivity contribution is 5.77. The number of carbonyl (C=O) groups is 2. The lowest BCUT2D eigenvalue weighted by molar-refractivity contribution is -0.142. The van der Waals surface area contributed by atoms with Gasteiger partial charge in [-0.2, -0.15) is 5.10 Å². The summed E-state index contributed by atoms with van der Waals surface area (Å²) in [5, 5.41) is 16.1. The molecule has 0 aliphatic carbocycles. The van der Waals surface area contributed by atoms with Crippen LogP contribution in [0.2, 0.25) is 0 Å². The minimum absolute atomic E-state index is 0.144. The van der Waals surface area contributed by atoms with Gasteiger partial charge < -0.3 is 20.1 Å². The third-order valence-electron chi connectivity index (χ3n) is 3.61. The molecule has 1 fully saturated rings. The van der Waals surface area contributed by atoms with E-state index in [0.717, 1.165) is 5.69 Å². The van der Waals surface area contributed by atoms with Crippen LogP contribution in [0.5, 0.6) is 0 Å². The van der Waals surface area contributed by atoms with E-state index in [-0.39, 0.29) is 19.2 Å². The standard InChI is InChI=1S/C13H20N4O4/c1-16-6-4-9(15-16)3-5-14-13(20)17(2)11-8-21-7-10(11)12(18)19/h4,6,10-11H,3,5,7-8H2,1-2H3,(H,14,20)(H,18,19). The molecule has 1 saturated heterocycles. The van der Waals surface area contributed by atoms with Gasteiger partial charge in [-0.3, -0.25) is 9.48 Å². The van der Waals surface area contributed by atoms with Crippen LogP contribution in [0.4, 0.5) is 4.79 Å². The van der Waals surface area contributed by atoms with Gasteiger partial charge in [-0.15, -0.1) is 0 Å². The fraction of sp³-hybridized carbons (Fsp3) is 0.615. The monoisotopic (exact) mass is 296 g/mol. The molecule has 1 aliphatic heterocycles. The Morgan fingerprint density at radius 3 is 2.95 bits per heavy atom. The smallest absolute Gasteiger partial charge is 0.317 e. The summed E-state index contributed by atoms with van der Waals surface area (Å²) >= 11 is 0. The van der Waals surface area contributed by atoms with Crippen LogP contribution in [-0.2, 0) is 23.0 Å². The van der Waals surface area contributed by atoms with E-state index in [9.17, 15) is 9.59 Å². The Morgan fingerprint density at radius 1 is 1.57 bits per heavy atom. The van der Waals surface area contributed by atoms with Crippen LogP contribution in [-0.4, -0.2) is 64.6 Å². The van der Waals surface area contributed by atoms with Crippen LogP contribution in [0.1, 0.15) is 5.69 Å². The normalized spacial score (nSPS) is 21.2. The van der Waals surface area contributed by atoms with Crippen molar-refractivity contribution in [1.82, 2.24) is 20.0 Å². The first-order chi connectivity index (χ1) is 9.99. The van der Waals surface area contributed by atoms with Crippen LogP contribution in [0.15, 0.2) is 12.3 Å². The lowest BCUT2D eigenvalue weighted by Crippen LogP contribution is -2.48. The van der Waals surface area contributed by atoms with Crippen molar-refractivity contribution in [1.29, 1.82) is 0 Å². The number of nitrogens with one attached hydrogen (secondary N) is 1. The first kappa shape index (κ1) is 15.3. The zero-order valence-corrected chi connectivity index (χ0v) is 12.2. The SMILES string of the molecule is CN(C(=O)NCCc1ccn(C)n1)C1COCC1C(=O)O. The Morgan fingerprint density at radius 2 is 2.33 bits per heavy atom.